The largest absolute Gasteiger partial charge is 0.380 e. The highest BCUT2D eigenvalue weighted by atomic mass is 16.5. The Morgan fingerprint density at radius 2 is 1.71 bits per heavy atom. The van der Waals surface area contributed by atoms with Gasteiger partial charge in [-0.15, -0.1) is 0 Å². The van der Waals surface area contributed by atoms with E-state index in [2.05, 4.69) is 38.1 Å². The van der Waals surface area contributed by atoms with Crippen molar-refractivity contribution >= 4 is 0 Å². The van der Waals surface area contributed by atoms with E-state index in [-0.39, 0.29) is 0 Å². The monoisotopic (exact) mass is 282 g/mol. The number of benzene rings is 2. The molecule has 1 aliphatic rings. The van der Waals surface area contributed by atoms with E-state index in [0.29, 0.717) is 13.2 Å². The third-order valence-electron chi connectivity index (χ3n) is 4.45. The van der Waals surface area contributed by atoms with Crippen LogP contribution in [0, 0.1) is 13.8 Å². The van der Waals surface area contributed by atoms with Crippen LogP contribution in [-0.4, -0.2) is 14.2 Å². The van der Waals surface area contributed by atoms with Gasteiger partial charge in [-0.1, -0.05) is 23.8 Å². The molecule has 0 saturated carbocycles. The van der Waals surface area contributed by atoms with Gasteiger partial charge in [0.1, 0.15) is 0 Å². The fourth-order valence-electron chi connectivity index (χ4n) is 3.36. The Hall–Kier alpha value is -1.64. The molecule has 0 aromatic heterocycles. The summed E-state index contributed by atoms with van der Waals surface area (Å²) in [7, 11) is 3.51. The summed E-state index contributed by atoms with van der Waals surface area (Å²) in [6.07, 6.45) is 1.01. The van der Waals surface area contributed by atoms with E-state index in [9.17, 15) is 0 Å². The van der Waals surface area contributed by atoms with Crippen molar-refractivity contribution in [2.24, 2.45) is 0 Å². The first-order valence-electron chi connectivity index (χ1n) is 7.37. The second-order valence-electron chi connectivity index (χ2n) is 5.87. The maximum atomic E-state index is 5.45. The second-order valence-corrected chi connectivity index (χ2v) is 5.87. The third-order valence-corrected chi connectivity index (χ3v) is 4.45. The van der Waals surface area contributed by atoms with E-state index in [1.165, 1.54) is 44.5 Å². The van der Waals surface area contributed by atoms with Crippen molar-refractivity contribution in [3.8, 4) is 11.1 Å². The number of ether oxygens (including phenoxy) is 2. The van der Waals surface area contributed by atoms with Crippen LogP contribution >= 0.6 is 0 Å². The van der Waals surface area contributed by atoms with Crippen molar-refractivity contribution in [1.29, 1.82) is 0 Å². The van der Waals surface area contributed by atoms with Crippen molar-refractivity contribution in [3.63, 3.8) is 0 Å². The molecule has 0 unspecified atom stereocenters. The Morgan fingerprint density at radius 3 is 2.43 bits per heavy atom. The average Bonchev–Trinajstić information content (AvgIpc) is 2.81. The fourth-order valence-corrected chi connectivity index (χ4v) is 3.36. The van der Waals surface area contributed by atoms with Crippen LogP contribution in [0.25, 0.3) is 11.1 Å². The molecule has 3 rings (SSSR count). The van der Waals surface area contributed by atoms with Crippen LogP contribution in [0.2, 0.25) is 0 Å². The van der Waals surface area contributed by atoms with E-state index in [0.717, 1.165) is 6.42 Å². The number of hydrogen-bond acceptors (Lipinski definition) is 2. The first-order valence-corrected chi connectivity index (χ1v) is 7.37. The van der Waals surface area contributed by atoms with Crippen molar-refractivity contribution in [2.75, 3.05) is 14.2 Å². The summed E-state index contributed by atoms with van der Waals surface area (Å²) in [5.74, 6) is 0. The average molecular weight is 282 g/mol. The van der Waals surface area contributed by atoms with Crippen molar-refractivity contribution in [3.05, 3.63) is 57.6 Å². The predicted molar refractivity (Wildman–Crippen MR) is 85.6 cm³/mol. The molecule has 110 valence electrons. The first-order chi connectivity index (χ1) is 10.2. The zero-order valence-corrected chi connectivity index (χ0v) is 13.2. The zero-order chi connectivity index (χ0) is 15.0. The molecular formula is C19H22O2. The quantitative estimate of drug-likeness (QED) is 0.715. The highest BCUT2D eigenvalue weighted by molar-refractivity contribution is 5.79. The van der Waals surface area contributed by atoms with Gasteiger partial charge in [0.15, 0.2) is 0 Å². The molecular weight excluding hydrogens is 260 g/mol. The molecule has 0 saturated heterocycles. The summed E-state index contributed by atoms with van der Waals surface area (Å²) >= 11 is 0. The summed E-state index contributed by atoms with van der Waals surface area (Å²) in [6, 6.07) is 9.05. The van der Waals surface area contributed by atoms with E-state index < -0.39 is 0 Å². The van der Waals surface area contributed by atoms with Crippen LogP contribution in [0.4, 0.5) is 0 Å². The number of fused-ring (bicyclic) bond motifs is 3. The normalized spacial score (nSPS) is 12.4. The molecule has 0 radical (unpaired) electrons. The SMILES string of the molecule is COCc1cc2c(c(COC)c1C)Cc1cc(C)ccc1-2. The lowest BCUT2D eigenvalue weighted by Gasteiger charge is -2.16. The van der Waals surface area contributed by atoms with E-state index in [1.54, 1.807) is 14.2 Å². The minimum atomic E-state index is 0.650. The maximum Gasteiger partial charge on any atom is 0.0718 e. The summed E-state index contributed by atoms with van der Waals surface area (Å²) in [4.78, 5) is 0. The van der Waals surface area contributed by atoms with Crippen molar-refractivity contribution in [1.82, 2.24) is 0 Å². The molecule has 2 heteroatoms. The predicted octanol–water partition coefficient (Wildman–Crippen LogP) is 4.17. The van der Waals surface area contributed by atoms with Gasteiger partial charge in [-0.2, -0.15) is 0 Å². The molecule has 2 aromatic carbocycles. The van der Waals surface area contributed by atoms with Crippen molar-refractivity contribution in [2.45, 2.75) is 33.5 Å². The molecule has 0 amide bonds. The Kier molecular flexibility index (Phi) is 3.83. The van der Waals surface area contributed by atoms with Gasteiger partial charge >= 0.3 is 0 Å². The molecule has 0 fully saturated rings. The first kappa shape index (κ1) is 14.3. The molecule has 0 atom stereocenters. The smallest absolute Gasteiger partial charge is 0.0718 e. The summed E-state index contributed by atoms with van der Waals surface area (Å²) in [5.41, 5.74) is 10.8. The molecule has 0 spiro atoms. The molecule has 2 aromatic rings. The highest BCUT2D eigenvalue weighted by Gasteiger charge is 2.24. The zero-order valence-electron chi connectivity index (χ0n) is 13.2. The molecule has 0 heterocycles. The van der Waals surface area contributed by atoms with Gasteiger partial charge in [0.05, 0.1) is 13.2 Å². The van der Waals surface area contributed by atoms with Gasteiger partial charge in [-0.3, -0.25) is 0 Å². The van der Waals surface area contributed by atoms with Gasteiger partial charge in [0.2, 0.25) is 0 Å². The van der Waals surface area contributed by atoms with Gasteiger partial charge in [-0.05, 0) is 65.3 Å². The minimum Gasteiger partial charge on any atom is -0.380 e. The minimum absolute atomic E-state index is 0.650. The molecule has 0 N–H and O–H groups in total. The van der Waals surface area contributed by atoms with Gasteiger partial charge < -0.3 is 9.47 Å². The van der Waals surface area contributed by atoms with Crippen LogP contribution in [0.3, 0.4) is 0 Å². The Bertz CT molecular complexity index is 686. The number of rotatable bonds is 4. The topological polar surface area (TPSA) is 18.5 Å². The second kappa shape index (κ2) is 5.63. The fraction of sp³-hybridized carbons (Fsp3) is 0.368. The van der Waals surface area contributed by atoms with Crippen LogP contribution in [0.15, 0.2) is 24.3 Å². The van der Waals surface area contributed by atoms with Crippen LogP contribution in [-0.2, 0) is 29.1 Å². The number of methoxy groups -OCH3 is 2. The lowest BCUT2D eigenvalue weighted by atomic mass is 9.93. The Labute approximate surface area is 126 Å². The molecule has 21 heavy (non-hydrogen) atoms. The molecule has 0 bridgehead atoms. The van der Waals surface area contributed by atoms with Gasteiger partial charge in [0, 0.05) is 14.2 Å². The third kappa shape index (κ3) is 2.39. The van der Waals surface area contributed by atoms with Gasteiger partial charge in [0.25, 0.3) is 0 Å². The van der Waals surface area contributed by atoms with Crippen molar-refractivity contribution < 1.29 is 9.47 Å². The number of hydrogen-bond donors (Lipinski definition) is 0. The summed E-state index contributed by atoms with van der Waals surface area (Å²) < 4.78 is 10.8. The Morgan fingerprint density at radius 1 is 0.952 bits per heavy atom. The van der Waals surface area contributed by atoms with Crippen LogP contribution in [0.5, 0.6) is 0 Å². The van der Waals surface area contributed by atoms with E-state index in [4.69, 9.17) is 9.47 Å². The Balaban J connectivity index is 2.20. The summed E-state index contributed by atoms with van der Waals surface area (Å²) in [5, 5.41) is 0. The van der Waals surface area contributed by atoms with E-state index >= 15 is 0 Å². The maximum absolute atomic E-state index is 5.45. The summed E-state index contributed by atoms with van der Waals surface area (Å²) in [6.45, 7) is 5.65. The van der Waals surface area contributed by atoms with Crippen LogP contribution < -0.4 is 0 Å². The standard InChI is InChI=1S/C19H22O2/c1-12-5-6-16-14(7-12)8-18-17(16)9-15(10-20-3)13(2)19(18)11-21-4/h5-7,9H,8,10-11H2,1-4H3. The van der Waals surface area contributed by atoms with E-state index in [1.807, 2.05) is 0 Å². The lowest BCUT2D eigenvalue weighted by Crippen LogP contribution is -2.03. The van der Waals surface area contributed by atoms with Crippen LogP contribution in [0.1, 0.15) is 33.4 Å². The number of aryl methyl sites for hydroxylation is 1. The highest BCUT2D eigenvalue weighted by Crippen LogP contribution is 2.41. The lowest BCUT2D eigenvalue weighted by molar-refractivity contribution is 0.178. The molecule has 0 aliphatic heterocycles. The molecule has 2 nitrogen and oxygen atoms in total. The molecule has 1 aliphatic carbocycles. The van der Waals surface area contributed by atoms with Gasteiger partial charge in [-0.25, -0.2) is 0 Å².